The van der Waals surface area contributed by atoms with Crippen LogP contribution < -0.4 is 10.5 Å². The van der Waals surface area contributed by atoms with Gasteiger partial charge in [-0.3, -0.25) is 4.90 Å². The highest BCUT2D eigenvalue weighted by atomic mass is 19.1. The van der Waals surface area contributed by atoms with E-state index in [1.54, 1.807) is 6.07 Å². The molecule has 3 nitrogen and oxygen atoms in total. The molecule has 0 saturated carbocycles. The quantitative estimate of drug-likeness (QED) is 0.828. The van der Waals surface area contributed by atoms with Gasteiger partial charge in [0, 0.05) is 24.7 Å². The predicted molar refractivity (Wildman–Crippen MR) is 63.7 cm³/mol. The van der Waals surface area contributed by atoms with Gasteiger partial charge in [-0.05, 0) is 12.5 Å². The van der Waals surface area contributed by atoms with Gasteiger partial charge in [0.05, 0.1) is 12.1 Å². The Bertz CT molecular complexity index is 455. The van der Waals surface area contributed by atoms with Crippen LogP contribution in [0, 0.1) is 5.82 Å². The lowest BCUT2D eigenvalue weighted by molar-refractivity contribution is 0.112. The third kappa shape index (κ3) is 1.97. The van der Waals surface area contributed by atoms with Crippen LogP contribution in [0.4, 0.5) is 8.78 Å². The molecule has 2 aliphatic rings. The van der Waals surface area contributed by atoms with Gasteiger partial charge < -0.3 is 10.5 Å². The Balaban J connectivity index is 1.83. The van der Waals surface area contributed by atoms with E-state index in [-0.39, 0.29) is 17.9 Å². The van der Waals surface area contributed by atoms with Crippen molar-refractivity contribution in [3.05, 3.63) is 29.6 Å². The minimum atomic E-state index is -0.771. The topological polar surface area (TPSA) is 38.5 Å². The van der Waals surface area contributed by atoms with Gasteiger partial charge in [0.2, 0.25) is 0 Å². The lowest BCUT2D eigenvalue weighted by atomic mass is 9.96. The Morgan fingerprint density at radius 2 is 2.22 bits per heavy atom. The molecule has 0 unspecified atom stereocenters. The van der Waals surface area contributed by atoms with E-state index in [1.807, 2.05) is 4.90 Å². The maximum atomic E-state index is 13.2. The molecule has 18 heavy (non-hydrogen) atoms. The fourth-order valence-electron chi connectivity index (χ4n) is 2.77. The van der Waals surface area contributed by atoms with E-state index in [2.05, 4.69) is 0 Å². The zero-order valence-electron chi connectivity index (χ0n) is 9.98. The number of likely N-dealkylation sites (tertiary alicyclic amines) is 1. The van der Waals surface area contributed by atoms with Gasteiger partial charge in [-0.2, -0.15) is 0 Å². The third-order valence-corrected chi connectivity index (χ3v) is 3.79. The summed E-state index contributed by atoms with van der Waals surface area (Å²) in [4.78, 5) is 2.03. The van der Waals surface area contributed by atoms with Crippen LogP contribution in [-0.4, -0.2) is 36.8 Å². The number of nitrogens with zero attached hydrogens (tertiary/aromatic N) is 1. The number of ether oxygens (including phenoxy) is 1. The molecule has 3 atom stereocenters. The van der Waals surface area contributed by atoms with Crippen LogP contribution in [-0.2, 0) is 0 Å². The Morgan fingerprint density at radius 1 is 1.39 bits per heavy atom. The second kappa shape index (κ2) is 4.48. The Labute approximate surface area is 105 Å². The highest BCUT2D eigenvalue weighted by Crippen LogP contribution is 2.34. The van der Waals surface area contributed by atoms with Crippen LogP contribution in [0.25, 0.3) is 0 Å². The van der Waals surface area contributed by atoms with Gasteiger partial charge in [-0.15, -0.1) is 0 Å². The van der Waals surface area contributed by atoms with E-state index in [0.717, 1.165) is 5.56 Å². The summed E-state index contributed by atoms with van der Waals surface area (Å²) in [5.74, 6) is 0.180. The summed E-state index contributed by atoms with van der Waals surface area (Å²) in [6.45, 7) is 1.52. The summed E-state index contributed by atoms with van der Waals surface area (Å²) in [6.07, 6.45) is -0.216. The summed E-state index contributed by atoms with van der Waals surface area (Å²) in [5.41, 5.74) is 7.00. The molecule has 5 heteroatoms. The van der Waals surface area contributed by atoms with Crippen LogP contribution >= 0.6 is 0 Å². The number of rotatable bonds is 1. The third-order valence-electron chi connectivity index (χ3n) is 3.79. The molecule has 2 aliphatic heterocycles. The number of hydrogen-bond donors (Lipinski definition) is 1. The smallest absolute Gasteiger partial charge is 0.127 e. The van der Waals surface area contributed by atoms with Crippen molar-refractivity contribution in [3.63, 3.8) is 0 Å². The molecular weight excluding hydrogens is 238 g/mol. The number of hydrogen-bond acceptors (Lipinski definition) is 3. The van der Waals surface area contributed by atoms with Crippen LogP contribution in [0.2, 0.25) is 0 Å². The zero-order chi connectivity index (χ0) is 12.7. The average molecular weight is 254 g/mol. The molecule has 2 heterocycles. The van der Waals surface area contributed by atoms with Crippen molar-refractivity contribution in [3.8, 4) is 5.75 Å². The Kier molecular flexibility index (Phi) is 2.95. The molecule has 2 N–H and O–H groups in total. The van der Waals surface area contributed by atoms with E-state index in [0.29, 0.717) is 31.9 Å². The van der Waals surface area contributed by atoms with E-state index in [4.69, 9.17) is 10.5 Å². The van der Waals surface area contributed by atoms with E-state index in [9.17, 15) is 8.78 Å². The van der Waals surface area contributed by atoms with Crippen molar-refractivity contribution >= 4 is 0 Å². The lowest BCUT2D eigenvalue weighted by Crippen LogP contribution is -2.47. The number of alkyl halides is 1. The van der Waals surface area contributed by atoms with E-state index in [1.165, 1.54) is 12.1 Å². The fraction of sp³-hybridized carbons (Fsp3) is 0.538. The molecule has 0 radical (unpaired) electrons. The molecule has 0 aliphatic carbocycles. The lowest BCUT2D eigenvalue weighted by Gasteiger charge is -2.36. The summed E-state index contributed by atoms with van der Waals surface area (Å²) in [6, 6.07) is 4.12. The van der Waals surface area contributed by atoms with E-state index >= 15 is 0 Å². The average Bonchev–Trinajstić information content (AvgIpc) is 2.76. The van der Waals surface area contributed by atoms with Crippen molar-refractivity contribution in [1.82, 2.24) is 4.90 Å². The maximum absolute atomic E-state index is 13.2. The number of fused-ring (bicyclic) bond motifs is 1. The molecule has 1 fully saturated rings. The van der Waals surface area contributed by atoms with Crippen molar-refractivity contribution in [2.24, 2.45) is 5.73 Å². The number of benzene rings is 1. The van der Waals surface area contributed by atoms with Crippen molar-refractivity contribution in [2.45, 2.75) is 24.7 Å². The van der Waals surface area contributed by atoms with Crippen molar-refractivity contribution < 1.29 is 13.5 Å². The fourth-order valence-corrected chi connectivity index (χ4v) is 2.77. The van der Waals surface area contributed by atoms with Gasteiger partial charge in [0.25, 0.3) is 0 Å². The molecular formula is C13H16F2N2O. The highest BCUT2D eigenvalue weighted by molar-refractivity contribution is 5.39. The van der Waals surface area contributed by atoms with Crippen LogP contribution in [0.5, 0.6) is 5.75 Å². The first-order chi connectivity index (χ1) is 8.65. The van der Waals surface area contributed by atoms with Crippen molar-refractivity contribution in [1.29, 1.82) is 0 Å². The predicted octanol–water partition coefficient (Wildman–Crippen LogP) is 1.63. The molecule has 0 amide bonds. The summed E-state index contributed by atoms with van der Waals surface area (Å²) >= 11 is 0. The summed E-state index contributed by atoms with van der Waals surface area (Å²) < 4.78 is 31.9. The molecule has 98 valence electrons. The highest BCUT2D eigenvalue weighted by Gasteiger charge is 2.36. The molecule has 1 aromatic rings. The first kappa shape index (κ1) is 11.9. The minimum absolute atomic E-state index is 0.0243. The summed E-state index contributed by atoms with van der Waals surface area (Å²) in [7, 11) is 0. The monoisotopic (exact) mass is 254 g/mol. The van der Waals surface area contributed by atoms with Crippen LogP contribution in [0.1, 0.15) is 18.0 Å². The van der Waals surface area contributed by atoms with Crippen LogP contribution in [0.3, 0.4) is 0 Å². The van der Waals surface area contributed by atoms with Crippen molar-refractivity contribution in [2.75, 3.05) is 19.7 Å². The second-order valence-corrected chi connectivity index (χ2v) is 4.97. The van der Waals surface area contributed by atoms with Gasteiger partial charge in [0.1, 0.15) is 24.3 Å². The van der Waals surface area contributed by atoms with Crippen LogP contribution in [0.15, 0.2) is 18.2 Å². The standard InChI is InChI=1S/C13H16F2N2O/c14-8-1-2-10-12(5-8)18-7-11(13(10)16)17-4-3-9(15)6-17/h1-2,5,9,11,13H,3-4,6-7,16H2/t9-,11-,13-/m0/s1. The van der Waals surface area contributed by atoms with Gasteiger partial charge in [-0.25, -0.2) is 8.78 Å². The van der Waals surface area contributed by atoms with Gasteiger partial charge >= 0.3 is 0 Å². The molecule has 1 saturated heterocycles. The Hall–Kier alpha value is -1.20. The number of halogens is 2. The van der Waals surface area contributed by atoms with Gasteiger partial charge in [-0.1, -0.05) is 6.07 Å². The second-order valence-electron chi connectivity index (χ2n) is 4.97. The number of nitrogens with two attached hydrogens (primary N) is 1. The van der Waals surface area contributed by atoms with E-state index < -0.39 is 6.17 Å². The SMILES string of the molecule is N[C@H]1c2ccc(F)cc2OC[C@@H]1N1CC[C@H](F)C1. The zero-order valence-corrected chi connectivity index (χ0v) is 9.98. The molecule has 3 rings (SSSR count). The molecule has 1 aromatic carbocycles. The maximum Gasteiger partial charge on any atom is 0.127 e. The molecule has 0 bridgehead atoms. The normalized spacial score (nSPS) is 32.1. The first-order valence-electron chi connectivity index (χ1n) is 6.21. The Morgan fingerprint density at radius 3 is 2.94 bits per heavy atom. The minimum Gasteiger partial charge on any atom is -0.491 e. The van der Waals surface area contributed by atoms with Gasteiger partial charge in [0.15, 0.2) is 0 Å². The summed E-state index contributed by atoms with van der Waals surface area (Å²) in [5, 5.41) is 0. The largest absolute Gasteiger partial charge is 0.491 e. The first-order valence-corrected chi connectivity index (χ1v) is 6.21. The molecule has 0 aromatic heterocycles. The molecule has 0 spiro atoms.